The lowest BCUT2D eigenvalue weighted by molar-refractivity contribution is 0.0703. The summed E-state index contributed by atoms with van der Waals surface area (Å²) in [5.41, 5.74) is 2.85. The number of thiazole rings is 1. The largest absolute Gasteiger partial charge is 0.338 e. The van der Waals surface area contributed by atoms with E-state index in [9.17, 15) is 9.59 Å². The number of hydrogen-bond donors (Lipinski definition) is 2. The van der Waals surface area contributed by atoms with Gasteiger partial charge in [-0.25, -0.2) is 9.78 Å². The first-order chi connectivity index (χ1) is 13.7. The topological polar surface area (TPSA) is 74.3 Å². The molecule has 28 heavy (non-hydrogen) atoms. The first kappa shape index (κ1) is 18.2. The normalized spacial score (nSPS) is 15.4. The number of carbonyl (C=O) groups excluding carboxylic acids is 2. The predicted octanol–water partition coefficient (Wildman–Crippen LogP) is 4.05. The summed E-state index contributed by atoms with van der Waals surface area (Å²) in [5, 5.41) is 7.92. The van der Waals surface area contributed by atoms with Crippen LogP contribution in [0.5, 0.6) is 0 Å². The van der Waals surface area contributed by atoms with Crippen molar-refractivity contribution in [3.05, 3.63) is 82.9 Å². The van der Waals surface area contributed by atoms with E-state index in [0.29, 0.717) is 24.6 Å². The van der Waals surface area contributed by atoms with Gasteiger partial charge in [-0.2, -0.15) is 0 Å². The number of nitrogens with one attached hydrogen (secondary N) is 2. The molecule has 0 saturated heterocycles. The van der Waals surface area contributed by atoms with E-state index in [-0.39, 0.29) is 18.0 Å². The second-order valence-corrected chi connectivity index (χ2v) is 7.42. The van der Waals surface area contributed by atoms with Gasteiger partial charge in [-0.1, -0.05) is 48.5 Å². The molecule has 0 radical (unpaired) electrons. The molecule has 0 fully saturated rings. The first-order valence-electron chi connectivity index (χ1n) is 9.10. The van der Waals surface area contributed by atoms with Gasteiger partial charge in [0.25, 0.3) is 5.91 Å². The number of aromatic nitrogens is 1. The molecule has 7 heteroatoms. The molecule has 2 N–H and O–H groups in total. The van der Waals surface area contributed by atoms with Gasteiger partial charge in [0.15, 0.2) is 5.13 Å². The van der Waals surface area contributed by atoms with Gasteiger partial charge < -0.3 is 10.2 Å². The van der Waals surface area contributed by atoms with Gasteiger partial charge in [0.2, 0.25) is 0 Å². The number of nitrogens with zero attached hydrogens (tertiary/aromatic N) is 2. The van der Waals surface area contributed by atoms with Crippen LogP contribution >= 0.6 is 11.3 Å². The van der Waals surface area contributed by atoms with Crippen LogP contribution < -0.4 is 10.6 Å². The molecule has 1 aliphatic heterocycles. The maximum atomic E-state index is 12.9. The van der Waals surface area contributed by atoms with E-state index in [0.717, 1.165) is 16.7 Å². The monoisotopic (exact) mass is 392 g/mol. The molecule has 6 nitrogen and oxygen atoms in total. The van der Waals surface area contributed by atoms with Crippen LogP contribution in [0.2, 0.25) is 0 Å². The van der Waals surface area contributed by atoms with Crippen LogP contribution in [0, 0.1) is 0 Å². The molecule has 1 aliphatic rings. The van der Waals surface area contributed by atoms with Gasteiger partial charge >= 0.3 is 6.03 Å². The van der Waals surface area contributed by atoms with Gasteiger partial charge in [-0.15, -0.1) is 11.3 Å². The Morgan fingerprint density at radius 1 is 1.11 bits per heavy atom. The summed E-state index contributed by atoms with van der Waals surface area (Å²) in [6, 6.07) is 17.3. The molecule has 0 saturated carbocycles. The van der Waals surface area contributed by atoms with Gasteiger partial charge in [0, 0.05) is 30.2 Å². The highest BCUT2D eigenvalue weighted by Gasteiger charge is 2.35. The summed E-state index contributed by atoms with van der Waals surface area (Å²) >= 11 is 1.37. The number of benzene rings is 2. The van der Waals surface area contributed by atoms with Crippen molar-refractivity contribution in [2.45, 2.75) is 19.0 Å². The fraction of sp³-hybridized carbons (Fsp3) is 0.190. The van der Waals surface area contributed by atoms with E-state index < -0.39 is 0 Å². The third-order valence-corrected chi connectivity index (χ3v) is 5.43. The molecule has 0 spiro atoms. The Hall–Kier alpha value is -3.19. The summed E-state index contributed by atoms with van der Waals surface area (Å²) in [5.74, 6) is 0.0386. The van der Waals surface area contributed by atoms with E-state index in [1.165, 1.54) is 11.3 Å². The second kappa shape index (κ2) is 8.22. The van der Waals surface area contributed by atoms with Crippen molar-refractivity contribution in [1.82, 2.24) is 15.2 Å². The Morgan fingerprint density at radius 2 is 1.89 bits per heavy atom. The van der Waals surface area contributed by atoms with Crippen molar-refractivity contribution >= 4 is 28.4 Å². The van der Waals surface area contributed by atoms with E-state index in [1.54, 1.807) is 11.6 Å². The zero-order valence-corrected chi connectivity index (χ0v) is 16.0. The predicted molar refractivity (Wildman–Crippen MR) is 109 cm³/mol. The van der Waals surface area contributed by atoms with Crippen LogP contribution in [0.25, 0.3) is 0 Å². The van der Waals surface area contributed by atoms with Crippen molar-refractivity contribution in [3.63, 3.8) is 0 Å². The maximum absolute atomic E-state index is 12.9. The van der Waals surface area contributed by atoms with Gasteiger partial charge in [0.1, 0.15) is 0 Å². The van der Waals surface area contributed by atoms with Crippen LogP contribution in [0.1, 0.15) is 33.9 Å². The minimum atomic E-state index is -0.290. The lowest BCUT2D eigenvalue weighted by Crippen LogP contribution is -2.33. The second-order valence-electron chi connectivity index (χ2n) is 6.53. The van der Waals surface area contributed by atoms with Gasteiger partial charge in [0.05, 0.1) is 6.04 Å². The van der Waals surface area contributed by atoms with Crippen molar-refractivity contribution in [1.29, 1.82) is 0 Å². The summed E-state index contributed by atoms with van der Waals surface area (Å²) in [6.45, 7) is 0.999. The minimum Gasteiger partial charge on any atom is -0.338 e. The molecule has 142 valence electrons. The lowest BCUT2D eigenvalue weighted by Gasteiger charge is -2.25. The lowest BCUT2D eigenvalue weighted by atomic mass is 10.0. The van der Waals surface area contributed by atoms with Crippen molar-refractivity contribution in [2.24, 2.45) is 0 Å². The highest BCUT2D eigenvalue weighted by atomic mass is 32.1. The molecule has 1 aromatic heterocycles. The quantitative estimate of drug-likeness (QED) is 0.665. The third-order valence-electron chi connectivity index (χ3n) is 4.74. The molecule has 0 aliphatic carbocycles. The van der Waals surface area contributed by atoms with Crippen LogP contribution in [-0.2, 0) is 6.54 Å². The molecular weight excluding hydrogens is 372 g/mol. The molecule has 2 heterocycles. The molecule has 3 amide bonds. The van der Waals surface area contributed by atoms with Crippen LogP contribution in [0.15, 0.2) is 66.2 Å². The average molecular weight is 392 g/mol. The summed E-state index contributed by atoms with van der Waals surface area (Å²) < 4.78 is 0. The molecule has 1 unspecified atom stereocenters. The SMILES string of the molecule is O=C(NCCC1c2ccccc2C(=O)N1Cc1ccccc1)Nc1nccs1. The highest BCUT2D eigenvalue weighted by Crippen LogP contribution is 2.36. The average Bonchev–Trinajstić information content (AvgIpc) is 3.31. The minimum absolute atomic E-state index is 0.0386. The smallest absolute Gasteiger partial charge is 0.321 e. The van der Waals surface area contributed by atoms with Crippen molar-refractivity contribution < 1.29 is 9.59 Å². The molecular formula is C21H20N4O2S. The zero-order valence-electron chi connectivity index (χ0n) is 15.2. The Morgan fingerprint density at radius 3 is 2.68 bits per heavy atom. The number of fused-ring (bicyclic) bond motifs is 1. The van der Waals surface area contributed by atoms with Crippen LogP contribution in [-0.4, -0.2) is 28.4 Å². The van der Waals surface area contributed by atoms with Gasteiger partial charge in [-0.05, 0) is 23.6 Å². The van der Waals surface area contributed by atoms with E-state index in [2.05, 4.69) is 15.6 Å². The fourth-order valence-electron chi connectivity index (χ4n) is 3.47. The molecule has 2 aromatic carbocycles. The number of urea groups is 1. The summed E-state index contributed by atoms with van der Waals surface area (Å²) in [7, 11) is 0. The van der Waals surface area contributed by atoms with Crippen molar-refractivity contribution in [3.8, 4) is 0 Å². The van der Waals surface area contributed by atoms with E-state index in [1.807, 2.05) is 59.5 Å². The Bertz CT molecular complexity index is 960. The van der Waals surface area contributed by atoms with Gasteiger partial charge in [-0.3, -0.25) is 10.1 Å². The molecule has 0 bridgehead atoms. The summed E-state index contributed by atoms with van der Waals surface area (Å²) in [6.07, 6.45) is 2.28. The molecule has 4 rings (SSSR count). The Kier molecular flexibility index (Phi) is 5.34. The number of rotatable bonds is 6. The van der Waals surface area contributed by atoms with E-state index >= 15 is 0 Å². The van der Waals surface area contributed by atoms with Crippen LogP contribution in [0.3, 0.4) is 0 Å². The number of hydrogen-bond acceptors (Lipinski definition) is 4. The number of anilines is 1. The third kappa shape index (κ3) is 3.89. The molecule has 1 atom stereocenters. The van der Waals surface area contributed by atoms with Crippen molar-refractivity contribution in [2.75, 3.05) is 11.9 Å². The first-order valence-corrected chi connectivity index (χ1v) is 9.98. The number of carbonyl (C=O) groups is 2. The maximum Gasteiger partial charge on any atom is 0.321 e. The number of amides is 3. The Balaban J connectivity index is 1.44. The zero-order chi connectivity index (χ0) is 19.3. The van der Waals surface area contributed by atoms with E-state index in [4.69, 9.17) is 0 Å². The highest BCUT2D eigenvalue weighted by molar-refractivity contribution is 7.13. The Labute approximate surface area is 167 Å². The molecule has 3 aromatic rings. The summed E-state index contributed by atoms with van der Waals surface area (Å²) in [4.78, 5) is 30.9. The fourth-order valence-corrected chi connectivity index (χ4v) is 3.99. The van der Waals surface area contributed by atoms with Crippen LogP contribution in [0.4, 0.5) is 9.93 Å². The standard InChI is InChI=1S/C21H20N4O2S/c26-19-17-9-5-4-8-16(17)18(25(19)14-15-6-2-1-3-7-15)10-11-22-20(27)24-21-23-12-13-28-21/h1-9,12-13,18H,10-11,14H2,(H2,22,23,24,27).